The lowest BCUT2D eigenvalue weighted by molar-refractivity contribution is 0.0599. The monoisotopic (exact) mass is 287 g/mol. The van der Waals surface area contributed by atoms with Crippen LogP contribution in [0, 0.1) is 6.92 Å². The molecule has 2 atom stereocenters. The number of carbonyl (C=O) groups is 1. The number of hydrogen-bond acceptors (Lipinski definition) is 5. The van der Waals surface area contributed by atoms with Crippen LogP contribution < -0.4 is 5.32 Å². The van der Waals surface area contributed by atoms with Crippen LogP contribution in [0.4, 0.5) is 0 Å². The van der Waals surface area contributed by atoms with Gasteiger partial charge in [0.15, 0.2) is 0 Å². The van der Waals surface area contributed by atoms with Gasteiger partial charge in [0, 0.05) is 28.9 Å². The van der Waals surface area contributed by atoms with Gasteiger partial charge in [-0.15, -0.1) is 0 Å². The minimum absolute atomic E-state index is 0.246. The fraction of sp³-hybridized carbons (Fsp3) is 0.615. The molecule has 6 heteroatoms. The van der Waals surface area contributed by atoms with E-state index in [0.29, 0.717) is 29.4 Å². The van der Waals surface area contributed by atoms with Crippen LogP contribution >= 0.6 is 0 Å². The molecule has 108 valence electrons. The molecule has 0 radical (unpaired) electrons. The smallest absolute Gasteiger partial charge is 0.341 e. The van der Waals surface area contributed by atoms with E-state index in [2.05, 4.69) is 10.1 Å². The second-order valence-electron chi connectivity index (χ2n) is 4.52. The minimum atomic E-state index is -0.766. The average Bonchev–Trinajstić information content (AvgIpc) is 2.74. The first-order valence-electron chi connectivity index (χ1n) is 6.15. The Morgan fingerprint density at radius 2 is 2.26 bits per heavy atom. The van der Waals surface area contributed by atoms with E-state index in [1.807, 2.05) is 6.92 Å². The lowest BCUT2D eigenvalue weighted by Crippen LogP contribution is -2.26. The zero-order valence-electron chi connectivity index (χ0n) is 11.8. The number of methoxy groups -OCH3 is 1. The fourth-order valence-corrected chi connectivity index (χ4v) is 2.35. The molecular formula is C13H21NO4S. The molecule has 0 aliphatic carbocycles. The normalized spacial score (nSPS) is 14.1. The van der Waals surface area contributed by atoms with Gasteiger partial charge >= 0.3 is 5.97 Å². The summed E-state index contributed by atoms with van der Waals surface area (Å²) in [5.41, 5.74) is 0.460. The molecule has 1 N–H and O–H groups in total. The van der Waals surface area contributed by atoms with Crippen molar-refractivity contribution in [2.45, 2.75) is 32.9 Å². The molecule has 1 heterocycles. The second kappa shape index (κ2) is 7.45. The van der Waals surface area contributed by atoms with Crippen molar-refractivity contribution in [3.63, 3.8) is 0 Å². The van der Waals surface area contributed by atoms with Crippen molar-refractivity contribution in [3.05, 3.63) is 23.2 Å². The third-order valence-corrected chi connectivity index (χ3v) is 3.65. The van der Waals surface area contributed by atoms with Gasteiger partial charge in [-0.2, -0.15) is 0 Å². The maximum atomic E-state index is 11.4. The van der Waals surface area contributed by atoms with E-state index < -0.39 is 10.8 Å². The summed E-state index contributed by atoms with van der Waals surface area (Å²) in [5.74, 6) is 1.55. The third kappa shape index (κ3) is 5.16. The summed E-state index contributed by atoms with van der Waals surface area (Å²) in [6.45, 7) is 4.30. The Morgan fingerprint density at radius 3 is 2.84 bits per heavy atom. The first-order chi connectivity index (χ1) is 8.93. The highest BCUT2D eigenvalue weighted by atomic mass is 32.2. The van der Waals surface area contributed by atoms with Gasteiger partial charge in [0.1, 0.15) is 17.1 Å². The van der Waals surface area contributed by atoms with Crippen LogP contribution in [0.15, 0.2) is 10.5 Å². The molecule has 0 amide bonds. The first kappa shape index (κ1) is 15.9. The molecule has 0 aliphatic heterocycles. The maximum Gasteiger partial charge on any atom is 0.341 e. The van der Waals surface area contributed by atoms with Gasteiger partial charge < -0.3 is 14.5 Å². The SMILES string of the molecule is COC(=O)c1cc(CNC(C)CCS(C)=O)oc1C. The molecular weight excluding hydrogens is 266 g/mol. The maximum absolute atomic E-state index is 11.4. The highest BCUT2D eigenvalue weighted by molar-refractivity contribution is 7.84. The standard InChI is InChI=1S/C13H21NO4S/c1-9(5-6-19(4)16)14-8-11-7-12(10(2)18-11)13(15)17-3/h7,9,14H,5-6,8H2,1-4H3. The lowest BCUT2D eigenvalue weighted by Gasteiger charge is -2.11. The molecule has 1 aromatic rings. The van der Waals surface area contributed by atoms with E-state index in [9.17, 15) is 9.00 Å². The van der Waals surface area contributed by atoms with Crippen LogP contribution in [0.2, 0.25) is 0 Å². The number of nitrogens with one attached hydrogen (secondary N) is 1. The Morgan fingerprint density at radius 1 is 1.58 bits per heavy atom. The third-order valence-electron chi connectivity index (χ3n) is 2.84. The van der Waals surface area contributed by atoms with E-state index in [0.717, 1.165) is 6.42 Å². The molecule has 0 aromatic carbocycles. The summed E-state index contributed by atoms with van der Waals surface area (Å²) in [7, 11) is 0.581. The molecule has 0 saturated carbocycles. The van der Waals surface area contributed by atoms with Gasteiger partial charge in [-0.05, 0) is 26.3 Å². The van der Waals surface area contributed by atoms with E-state index >= 15 is 0 Å². The summed E-state index contributed by atoms with van der Waals surface area (Å²) < 4.78 is 21.1. The van der Waals surface area contributed by atoms with E-state index in [1.54, 1.807) is 19.2 Å². The summed E-state index contributed by atoms with van der Waals surface area (Å²) in [5, 5.41) is 3.27. The number of rotatable bonds is 7. The van der Waals surface area contributed by atoms with Crippen LogP contribution in [0.5, 0.6) is 0 Å². The van der Waals surface area contributed by atoms with E-state index in [1.165, 1.54) is 7.11 Å². The van der Waals surface area contributed by atoms with Crippen molar-refractivity contribution in [2.24, 2.45) is 0 Å². The first-order valence-corrected chi connectivity index (χ1v) is 7.87. The average molecular weight is 287 g/mol. The number of esters is 1. The molecule has 0 spiro atoms. The second-order valence-corrected chi connectivity index (χ2v) is 6.08. The van der Waals surface area contributed by atoms with Crippen LogP contribution in [0.1, 0.15) is 35.2 Å². The molecule has 2 unspecified atom stereocenters. The number of ether oxygens (including phenoxy) is 1. The number of hydrogen-bond donors (Lipinski definition) is 1. The van der Waals surface area contributed by atoms with Crippen LogP contribution in [0.25, 0.3) is 0 Å². The van der Waals surface area contributed by atoms with Gasteiger partial charge in [-0.1, -0.05) is 0 Å². The van der Waals surface area contributed by atoms with Crippen molar-refractivity contribution in [1.82, 2.24) is 5.32 Å². The minimum Gasteiger partial charge on any atom is -0.465 e. The van der Waals surface area contributed by atoms with E-state index in [4.69, 9.17) is 4.42 Å². The van der Waals surface area contributed by atoms with Crippen molar-refractivity contribution in [2.75, 3.05) is 19.1 Å². The van der Waals surface area contributed by atoms with Crippen molar-refractivity contribution in [1.29, 1.82) is 0 Å². The Bertz CT molecular complexity index is 455. The molecule has 0 bridgehead atoms. The summed E-state index contributed by atoms with van der Waals surface area (Å²) >= 11 is 0. The number of carbonyl (C=O) groups excluding carboxylic acids is 1. The lowest BCUT2D eigenvalue weighted by atomic mass is 10.2. The van der Waals surface area contributed by atoms with Gasteiger partial charge in [-0.25, -0.2) is 4.79 Å². The van der Waals surface area contributed by atoms with Crippen LogP contribution in [-0.2, 0) is 22.1 Å². The quantitative estimate of drug-likeness (QED) is 0.772. The molecule has 0 aliphatic rings. The molecule has 1 rings (SSSR count). The Kier molecular flexibility index (Phi) is 6.24. The van der Waals surface area contributed by atoms with E-state index in [-0.39, 0.29) is 12.0 Å². The highest BCUT2D eigenvalue weighted by Gasteiger charge is 2.15. The van der Waals surface area contributed by atoms with Crippen molar-refractivity contribution in [3.8, 4) is 0 Å². The molecule has 5 nitrogen and oxygen atoms in total. The van der Waals surface area contributed by atoms with Gasteiger partial charge in [0.25, 0.3) is 0 Å². The predicted octanol–water partition coefficient (Wildman–Crippen LogP) is 1.62. The molecule has 0 fully saturated rings. The zero-order chi connectivity index (χ0) is 14.4. The Labute approximate surface area is 116 Å². The summed E-state index contributed by atoms with van der Waals surface area (Å²) in [6.07, 6.45) is 2.54. The van der Waals surface area contributed by atoms with Crippen LogP contribution in [-0.4, -0.2) is 35.3 Å². The van der Waals surface area contributed by atoms with Crippen molar-refractivity contribution >= 4 is 16.8 Å². The number of furan rings is 1. The predicted molar refractivity (Wildman–Crippen MR) is 74.6 cm³/mol. The Hall–Kier alpha value is -1.14. The molecule has 1 aromatic heterocycles. The van der Waals surface area contributed by atoms with Gasteiger partial charge in [-0.3, -0.25) is 4.21 Å². The van der Waals surface area contributed by atoms with Crippen LogP contribution in [0.3, 0.4) is 0 Å². The zero-order valence-corrected chi connectivity index (χ0v) is 12.6. The fourth-order valence-electron chi connectivity index (χ4n) is 1.66. The highest BCUT2D eigenvalue weighted by Crippen LogP contribution is 2.15. The number of aryl methyl sites for hydroxylation is 1. The Balaban J connectivity index is 2.49. The summed E-state index contributed by atoms with van der Waals surface area (Å²) in [4.78, 5) is 11.4. The largest absolute Gasteiger partial charge is 0.465 e. The summed E-state index contributed by atoms with van der Waals surface area (Å²) in [6, 6.07) is 1.94. The topological polar surface area (TPSA) is 68.5 Å². The molecule has 19 heavy (non-hydrogen) atoms. The van der Waals surface area contributed by atoms with Gasteiger partial charge in [0.05, 0.1) is 13.7 Å². The van der Waals surface area contributed by atoms with Crippen molar-refractivity contribution < 1.29 is 18.2 Å². The van der Waals surface area contributed by atoms with Gasteiger partial charge in [0.2, 0.25) is 0 Å². The molecule has 0 saturated heterocycles.